The number of hydrogen-bond acceptors (Lipinski definition) is 5. The van der Waals surface area contributed by atoms with E-state index in [0.29, 0.717) is 5.82 Å². The van der Waals surface area contributed by atoms with E-state index in [1.165, 1.54) is 7.11 Å². The van der Waals surface area contributed by atoms with Crippen molar-refractivity contribution in [1.29, 1.82) is 0 Å². The van der Waals surface area contributed by atoms with Crippen LogP contribution in [0.2, 0.25) is 5.15 Å². The van der Waals surface area contributed by atoms with Crippen LogP contribution in [-0.4, -0.2) is 23.0 Å². The summed E-state index contributed by atoms with van der Waals surface area (Å²) in [4.78, 5) is 20.5. The molecule has 0 bridgehead atoms. The molecule has 2 aromatic rings. The Morgan fingerprint density at radius 2 is 1.81 bits per heavy atom. The Labute approximate surface area is 128 Å². The highest BCUT2D eigenvalue weighted by Gasteiger charge is 2.23. The number of carbonyl (C=O) groups is 1. The molecule has 6 heteroatoms. The van der Waals surface area contributed by atoms with Crippen molar-refractivity contribution in [3.8, 4) is 0 Å². The molecule has 110 valence electrons. The summed E-state index contributed by atoms with van der Waals surface area (Å²) in [7, 11) is 1.34. The van der Waals surface area contributed by atoms with Gasteiger partial charge in [0.05, 0.1) is 18.5 Å². The lowest BCUT2D eigenvalue weighted by molar-refractivity contribution is -0.141. The summed E-state index contributed by atoms with van der Waals surface area (Å²) in [5.74, 6) is -0.0590. The molecule has 1 heterocycles. The molecule has 1 aromatic heterocycles. The van der Waals surface area contributed by atoms with Crippen LogP contribution in [0.4, 0.5) is 5.82 Å². The van der Waals surface area contributed by atoms with Gasteiger partial charge in [0, 0.05) is 0 Å². The second-order valence-corrected chi connectivity index (χ2v) is 4.90. The lowest BCUT2D eigenvalue weighted by Gasteiger charge is -2.18. The van der Waals surface area contributed by atoms with Gasteiger partial charge >= 0.3 is 5.97 Å². The Balaban J connectivity index is 2.36. The van der Waals surface area contributed by atoms with Crippen molar-refractivity contribution in [2.45, 2.75) is 19.9 Å². The largest absolute Gasteiger partial charge is 0.467 e. The fraction of sp³-hybridized carbons (Fsp3) is 0.267. The number of esters is 1. The van der Waals surface area contributed by atoms with E-state index in [0.717, 1.165) is 17.0 Å². The smallest absolute Gasteiger partial charge is 0.333 e. The van der Waals surface area contributed by atoms with Gasteiger partial charge in [-0.3, -0.25) is 0 Å². The van der Waals surface area contributed by atoms with E-state index < -0.39 is 12.0 Å². The average molecular weight is 306 g/mol. The predicted molar refractivity (Wildman–Crippen MR) is 81.3 cm³/mol. The summed E-state index contributed by atoms with van der Waals surface area (Å²) in [5, 5.41) is 3.23. The van der Waals surface area contributed by atoms with Crippen LogP contribution in [-0.2, 0) is 9.53 Å². The third kappa shape index (κ3) is 3.49. The summed E-state index contributed by atoms with van der Waals surface area (Å²) < 4.78 is 4.84. The molecular formula is C15H16ClN3O2. The highest BCUT2D eigenvalue weighted by Crippen LogP contribution is 2.25. The minimum Gasteiger partial charge on any atom is -0.467 e. The minimum absolute atomic E-state index is 0.225. The highest BCUT2D eigenvalue weighted by molar-refractivity contribution is 6.31. The standard InChI is InChI=1S/C15H16ClN3O2/c1-9-10(2)18-14(13(16)17-9)19-12(15(20)21-3)11-7-5-4-6-8-11/h4-8,12H,1-3H3,(H,18,19). The molecule has 1 N–H and O–H groups in total. The number of benzene rings is 1. The first-order chi connectivity index (χ1) is 10.0. The molecule has 0 spiro atoms. The van der Waals surface area contributed by atoms with Gasteiger partial charge in [-0.15, -0.1) is 0 Å². The van der Waals surface area contributed by atoms with Crippen molar-refractivity contribution in [3.63, 3.8) is 0 Å². The van der Waals surface area contributed by atoms with E-state index >= 15 is 0 Å². The molecule has 1 unspecified atom stereocenters. The summed E-state index contributed by atoms with van der Waals surface area (Å²) in [6.07, 6.45) is 0. The van der Waals surface area contributed by atoms with Gasteiger partial charge in [-0.1, -0.05) is 41.9 Å². The van der Waals surface area contributed by atoms with Crippen molar-refractivity contribution in [1.82, 2.24) is 9.97 Å². The Bertz CT molecular complexity index is 647. The average Bonchev–Trinajstić information content (AvgIpc) is 2.49. The van der Waals surface area contributed by atoms with Gasteiger partial charge < -0.3 is 10.1 Å². The number of methoxy groups -OCH3 is 1. The number of aryl methyl sites for hydroxylation is 2. The molecule has 1 aromatic carbocycles. The number of ether oxygens (including phenoxy) is 1. The molecule has 5 nitrogen and oxygen atoms in total. The summed E-state index contributed by atoms with van der Waals surface area (Å²) in [5.41, 5.74) is 2.26. The van der Waals surface area contributed by atoms with Crippen molar-refractivity contribution in [3.05, 3.63) is 52.4 Å². The molecule has 0 saturated carbocycles. The predicted octanol–water partition coefficient (Wildman–Crippen LogP) is 3.07. The van der Waals surface area contributed by atoms with Gasteiger partial charge in [-0.2, -0.15) is 0 Å². The van der Waals surface area contributed by atoms with Gasteiger partial charge in [0.2, 0.25) is 0 Å². The number of rotatable bonds is 4. The maximum atomic E-state index is 12.0. The maximum absolute atomic E-state index is 12.0. The van der Waals surface area contributed by atoms with Crippen LogP contribution in [0.15, 0.2) is 30.3 Å². The first-order valence-corrected chi connectivity index (χ1v) is 6.80. The van der Waals surface area contributed by atoms with Crippen LogP contribution in [0.5, 0.6) is 0 Å². The molecular weight excluding hydrogens is 290 g/mol. The molecule has 0 aliphatic heterocycles. The van der Waals surface area contributed by atoms with E-state index in [9.17, 15) is 4.79 Å². The normalized spacial score (nSPS) is 11.8. The Morgan fingerprint density at radius 1 is 1.19 bits per heavy atom. The highest BCUT2D eigenvalue weighted by atomic mass is 35.5. The van der Waals surface area contributed by atoms with E-state index in [4.69, 9.17) is 16.3 Å². The molecule has 0 fully saturated rings. The fourth-order valence-corrected chi connectivity index (χ4v) is 2.07. The van der Waals surface area contributed by atoms with E-state index in [-0.39, 0.29) is 5.15 Å². The third-order valence-corrected chi connectivity index (χ3v) is 3.38. The maximum Gasteiger partial charge on any atom is 0.333 e. The summed E-state index contributed by atoms with van der Waals surface area (Å²) in [6, 6.07) is 8.54. The molecule has 1 atom stereocenters. The molecule has 2 rings (SSSR count). The van der Waals surface area contributed by atoms with Crippen LogP contribution in [0.1, 0.15) is 23.0 Å². The molecule has 21 heavy (non-hydrogen) atoms. The van der Waals surface area contributed by atoms with Crippen molar-refractivity contribution >= 4 is 23.4 Å². The number of aromatic nitrogens is 2. The minimum atomic E-state index is -0.690. The first-order valence-electron chi connectivity index (χ1n) is 6.43. The van der Waals surface area contributed by atoms with E-state index in [1.54, 1.807) is 0 Å². The molecule has 0 radical (unpaired) electrons. The number of halogens is 1. The third-order valence-electron chi connectivity index (χ3n) is 3.12. The van der Waals surface area contributed by atoms with E-state index in [2.05, 4.69) is 15.3 Å². The molecule has 0 aliphatic carbocycles. The van der Waals surface area contributed by atoms with Crippen LogP contribution in [0.3, 0.4) is 0 Å². The Hall–Kier alpha value is -2.14. The van der Waals surface area contributed by atoms with Gasteiger partial charge in [0.15, 0.2) is 17.0 Å². The first kappa shape index (κ1) is 15.3. The van der Waals surface area contributed by atoms with Gasteiger partial charge in [0.25, 0.3) is 0 Å². The Kier molecular flexibility index (Phi) is 4.75. The molecule has 0 aliphatic rings. The van der Waals surface area contributed by atoms with Gasteiger partial charge in [0.1, 0.15) is 0 Å². The number of nitrogens with zero attached hydrogens (tertiary/aromatic N) is 2. The zero-order chi connectivity index (χ0) is 15.4. The zero-order valence-corrected chi connectivity index (χ0v) is 12.8. The van der Waals surface area contributed by atoms with Crippen LogP contribution in [0.25, 0.3) is 0 Å². The van der Waals surface area contributed by atoms with Gasteiger partial charge in [-0.05, 0) is 19.4 Å². The zero-order valence-electron chi connectivity index (χ0n) is 12.1. The lowest BCUT2D eigenvalue weighted by Crippen LogP contribution is -2.23. The summed E-state index contributed by atoms with van der Waals surface area (Å²) >= 11 is 6.09. The second kappa shape index (κ2) is 6.54. The fourth-order valence-electron chi connectivity index (χ4n) is 1.85. The number of hydrogen-bond donors (Lipinski definition) is 1. The number of anilines is 1. The summed E-state index contributed by atoms with van der Waals surface area (Å²) in [6.45, 7) is 3.66. The molecule has 0 saturated heterocycles. The van der Waals surface area contributed by atoms with Crippen molar-refractivity contribution in [2.75, 3.05) is 12.4 Å². The van der Waals surface area contributed by atoms with Crippen molar-refractivity contribution < 1.29 is 9.53 Å². The van der Waals surface area contributed by atoms with Crippen LogP contribution >= 0.6 is 11.6 Å². The number of nitrogens with one attached hydrogen (secondary N) is 1. The number of carbonyl (C=O) groups excluding carboxylic acids is 1. The van der Waals surface area contributed by atoms with Gasteiger partial charge in [-0.25, -0.2) is 14.8 Å². The SMILES string of the molecule is COC(=O)C(Nc1nc(C)c(C)nc1Cl)c1ccccc1. The lowest BCUT2D eigenvalue weighted by atomic mass is 10.1. The van der Waals surface area contributed by atoms with Crippen LogP contribution in [0, 0.1) is 13.8 Å². The molecule has 0 amide bonds. The van der Waals surface area contributed by atoms with E-state index in [1.807, 2.05) is 44.2 Å². The topological polar surface area (TPSA) is 64.1 Å². The second-order valence-electron chi connectivity index (χ2n) is 4.55. The monoisotopic (exact) mass is 305 g/mol. The van der Waals surface area contributed by atoms with Crippen molar-refractivity contribution in [2.24, 2.45) is 0 Å². The quantitative estimate of drug-likeness (QED) is 0.879. The Morgan fingerprint density at radius 3 is 2.43 bits per heavy atom. The van der Waals surface area contributed by atoms with Crippen LogP contribution < -0.4 is 5.32 Å².